The van der Waals surface area contributed by atoms with Gasteiger partial charge < -0.3 is 10.6 Å². The van der Waals surface area contributed by atoms with Crippen LogP contribution in [0.2, 0.25) is 0 Å². The van der Waals surface area contributed by atoms with E-state index in [1.54, 1.807) is 0 Å². The minimum atomic E-state index is -0.851. The highest BCUT2D eigenvalue weighted by Gasteiger charge is 2.55. The summed E-state index contributed by atoms with van der Waals surface area (Å²) in [5, 5.41) is 14.9. The number of nitrogens with zero attached hydrogens (tertiary/aromatic N) is 2. The molecule has 0 aromatic heterocycles. The number of hydrogen-bond donors (Lipinski definition) is 2. The third-order valence-electron chi connectivity index (χ3n) is 5.85. The zero-order valence-electron chi connectivity index (χ0n) is 14.1. The fourth-order valence-corrected chi connectivity index (χ4v) is 4.33. The lowest BCUT2D eigenvalue weighted by Crippen LogP contribution is -2.54. The van der Waals surface area contributed by atoms with E-state index in [9.17, 15) is 19.6 Å². The molecule has 24 heavy (non-hydrogen) atoms. The topological polar surface area (TPSA) is 102 Å². The maximum atomic E-state index is 12.8. The number of imide groups is 1. The van der Waals surface area contributed by atoms with Gasteiger partial charge in [0.15, 0.2) is 0 Å². The van der Waals surface area contributed by atoms with Gasteiger partial charge in [-0.15, -0.1) is 0 Å². The van der Waals surface area contributed by atoms with Crippen LogP contribution < -0.4 is 10.6 Å². The molecule has 0 aromatic carbocycles. The predicted molar refractivity (Wildman–Crippen MR) is 85.6 cm³/mol. The highest BCUT2D eigenvalue weighted by atomic mass is 16.2. The van der Waals surface area contributed by atoms with Gasteiger partial charge in [-0.25, -0.2) is 4.79 Å². The summed E-state index contributed by atoms with van der Waals surface area (Å²) in [6, 6.07) is 1.68. The number of hydrogen-bond acceptors (Lipinski definition) is 4. The van der Waals surface area contributed by atoms with Crippen LogP contribution in [0.5, 0.6) is 0 Å². The van der Waals surface area contributed by atoms with Crippen molar-refractivity contribution in [1.29, 1.82) is 5.26 Å². The monoisotopic (exact) mass is 332 g/mol. The van der Waals surface area contributed by atoms with Gasteiger partial charge in [-0.1, -0.05) is 19.8 Å². The van der Waals surface area contributed by atoms with Crippen LogP contribution in [-0.4, -0.2) is 40.4 Å². The minimum Gasteiger partial charge on any atom is -0.336 e. The molecular formula is C17H24N4O3. The van der Waals surface area contributed by atoms with Crippen molar-refractivity contribution in [3.8, 4) is 6.07 Å². The van der Waals surface area contributed by atoms with E-state index >= 15 is 0 Å². The molecular weight excluding hydrogens is 308 g/mol. The molecule has 2 saturated carbocycles. The number of carbonyl (C=O) groups excluding carboxylic acids is 3. The van der Waals surface area contributed by atoms with Gasteiger partial charge in [-0.3, -0.25) is 14.5 Å². The van der Waals surface area contributed by atoms with Crippen LogP contribution in [0.4, 0.5) is 4.79 Å². The summed E-state index contributed by atoms with van der Waals surface area (Å²) in [4.78, 5) is 38.4. The van der Waals surface area contributed by atoms with Crippen LogP contribution in [0.15, 0.2) is 0 Å². The largest absolute Gasteiger partial charge is 0.336 e. The number of urea groups is 1. The summed E-state index contributed by atoms with van der Waals surface area (Å²) in [5.41, 5.74) is -1.69. The van der Waals surface area contributed by atoms with E-state index in [1.165, 1.54) is 0 Å². The van der Waals surface area contributed by atoms with Gasteiger partial charge in [-0.2, -0.15) is 5.26 Å². The first-order chi connectivity index (χ1) is 11.4. The van der Waals surface area contributed by atoms with Crippen LogP contribution in [0.25, 0.3) is 0 Å². The second-order valence-electron chi connectivity index (χ2n) is 7.39. The smallest absolute Gasteiger partial charge is 0.325 e. The maximum absolute atomic E-state index is 12.8. The number of rotatable bonds is 3. The Morgan fingerprint density at radius 3 is 2.58 bits per heavy atom. The first-order valence-electron chi connectivity index (χ1n) is 8.79. The standard InChI is InChI=1S/C17H24N4O3/c1-12-6-2-3-9-17(12)14(23)21(15(24)20-17)10-13(22)19-16(11-18)7-4-5-8-16/h12H,2-10H2,1H3,(H,19,22)(H,20,24)/t12-,17-/m1/s1. The first-order valence-corrected chi connectivity index (χ1v) is 8.79. The normalized spacial score (nSPS) is 31.8. The molecule has 3 aliphatic rings. The third-order valence-corrected chi connectivity index (χ3v) is 5.85. The van der Waals surface area contributed by atoms with E-state index in [-0.39, 0.29) is 18.4 Å². The van der Waals surface area contributed by atoms with E-state index in [0.29, 0.717) is 19.3 Å². The first kappa shape index (κ1) is 16.7. The highest BCUT2D eigenvalue weighted by molar-refractivity contribution is 6.09. The van der Waals surface area contributed by atoms with E-state index in [2.05, 4.69) is 16.7 Å². The molecule has 1 saturated heterocycles. The third kappa shape index (κ3) is 2.64. The molecule has 0 unspecified atom stereocenters. The van der Waals surface area contributed by atoms with Crippen LogP contribution in [0, 0.1) is 17.2 Å². The molecule has 3 rings (SSSR count). The Hall–Kier alpha value is -2.10. The van der Waals surface area contributed by atoms with Crippen LogP contribution in [0.3, 0.4) is 0 Å². The van der Waals surface area contributed by atoms with Crippen molar-refractivity contribution in [3.63, 3.8) is 0 Å². The fourth-order valence-electron chi connectivity index (χ4n) is 4.33. The Kier molecular flexibility index (Phi) is 4.24. The number of carbonyl (C=O) groups is 3. The van der Waals surface area contributed by atoms with Crippen molar-refractivity contribution >= 4 is 17.8 Å². The summed E-state index contributed by atoms with van der Waals surface area (Å²) in [6.07, 6.45) is 6.51. The molecule has 2 atom stereocenters. The highest BCUT2D eigenvalue weighted by Crippen LogP contribution is 2.38. The zero-order valence-corrected chi connectivity index (χ0v) is 14.1. The van der Waals surface area contributed by atoms with Crippen LogP contribution >= 0.6 is 0 Å². The summed E-state index contributed by atoms with van der Waals surface area (Å²) in [5.74, 6) is -0.675. The summed E-state index contributed by atoms with van der Waals surface area (Å²) >= 11 is 0. The number of nitrogens with one attached hydrogen (secondary N) is 2. The molecule has 0 radical (unpaired) electrons. The van der Waals surface area contributed by atoms with Crippen molar-refractivity contribution in [1.82, 2.24) is 15.5 Å². The SMILES string of the molecule is C[C@@H]1CCCC[C@@]12NC(=O)N(CC(=O)NC1(C#N)CCCC1)C2=O. The minimum absolute atomic E-state index is 0.0658. The second kappa shape index (κ2) is 6.08. The average Bonchev–Trinajstić information content (AvgIpc) is 3.10. The van der Waals surface area contributed by atoms with Gasteiger partial charge in [0.2, 0.25) is 5.91 Å². The summed E-state index contributed by atoms with van der Waals surface area (Å²) in [6.45, 7) is 1.66. The molecule has 0 bridgehead atoms. The van der Waals surface area contributed by atoms with Crippen molar-refractivity contribution < 1.29 is 14.4 Å². The van der Waals surface area contributed by atoms with Crippen LogP contribution in [0.1, 0.15) is 58.3 Å². The molecule has 0 aromatic rings. The molecule has 7 nitrogen and oxygen atoms in total. The predicted octanol–water partition coefficient (Wildman–Crippen LogP) is 1.44. The molecule has 1 spiro atoms. The Balaban J connectivity index is 1.69. The molecule has 3 fully saturated rings. The lowest BCUT2D eigenvalue weighted by atomic mass is 9.73. The van der Waals surface area contributed by atoms with E-state index in [4.69, 9.17) is 0 Å². The van der Waals surface area contributed by atoms with Gasteiger partial charge in [0.25, 0.3) is 5.91 Å². The second-order valence-corrected chi connectivity index (χ2v) is 7.39. The van der Waals surface area contributed by atoms with Gasteiger partial charge in [0.1, 0.15) is 17.6 Å². The Morgan fingerprint density at radius 2 is 1.96 bits per heavy atom. The van der Waals surface area contributed by atoms with Crippen molar-refractivity contribution in [2.24, 2.45) is 5.92 Å². The number of amides is 4. The Morgan fingerprint density at radius 1 is 1.29 bits per heavy atom. The molecule has 2 aliphatic carbocycles. The van der Waals surface area contributed by atoms with Gasteiger partial charge in [-0.05, 0) is 44.4 Å². The molecule has 4 amide bonds. The van der Waals surface area contributed by atoms with Gasteiger partial charge in [0.05, 0.1) is 6.07 Å². The molecule has 7 heteroatoms. The zero-order chi connectivity index (χ0) is 17.4. The average molecular weight is 332 g/mol. The molecule has 1 heterocycles. The van der Waals surface area contributed by atoms with Crippen LogP contribution in [-0.2, 0) is 9.59 Å². The number of nitriles is 1. The summed E-state index contributed by atoms with van der Waals surface area (Å²) < 4.78 is 0. The van der Waals surface area contributed by atoms with E-state index < -0.39 is 23.0 Å². The van der Waals surface area contributed by atoms with Gasteiger partial charge >= 0.3 is 6.03 Å². The maximum Gasteiger partial charge on any atom is 0.325 e. The van der Waals surface area contributed by atoms with Crippen molar-refractivity contribution in [3.05, 3.63) is 0 Å². The van der Waals surface area contributed by atoms with E-state index in [1.807, 2.05) is 6.92 Å². The lowest BCUT2D eigenvalue weighted by Gasteiger charge is -2.36. The summed E-state index contributed by atoms with van der Waals surface area (Å²) in [7, 11) is 0. The fraction of sp³-hybridized carbons (Fsp3) is 0.765. The lowest BCUT2D eigenvalue weighted by molar-refractivity contribution is -0.137. The quantitative estimate of drug-likeness (QED) is 0.763. The molecule has 2 N–H and O–H groups in total. The Labute approximate surface area is 141 Å². The van der Waals surface area contributed by atoms with Crippen molar-refractivity contribution in [2.45, 2.75) is 69.4 Å². The van der Waals surface area contributed by atoms with E-state index in [0.717, 1.165) is 37.0 Å². The molecule has 130 valence electrons. The Bertz CT molecular complexity index is 605. The van der Waals surface area contributed by atoms with Gasteiger partial charge in [0, 0.05) is 0 Å². The molecule has 1 aliphatic heterocycles. The van der Waals surface area contributed by atoms with Crippen molar-refractivity contribution in [2.75, 3.05) is 6.54 Å².